The Morgan fingerprint density at radius 2 is 1.88 bits per heavy atom. The van der Waals surface area contributed by atoms with Crippen LogP contribution in [0.5, 0.6) is 0 Å². The normalized spacial score (nSPS) is 17.2. The number of carboxylic acid groups (broad SMARTS) is 1. The van der Waals surface area contributed by atoms with Crippen molar-refractivity contribution in [2.45, 2.75) is 50.6 Å². The number of anilines is 2. The fraction of sp³-hybridized carbons (Fsp3) is 0.458. The van der Waals surface area contributed by atoms with Gasteiger partial charge in [-0.15, -0.1) is 0 Å². The van der Waals surface area contributed by atoms with Gasteiger partial charge in [0.2, 0.25) is 5.95 Å². The summed E-state index contributed by atoms with van der Waals surface area (Å²) in [4.78, 5) is 39.8. The topological polar surface area (TPSA) is 125 Å². The van der Waals surface area contributed by atoms with Gasteiger partial charge in [0.05, 0.1) is 5.56 Å². The molecule has 5 rings (SSSR count). The molecule has 2 aliphatic rings. The van der Waals surface area contributed by atoms with Crippen molar-refractivity contribution in [2.75, 3.05) is 25.5 Å². The molecular weight excluding hydrogens is 434 g/mol. The fourth-order valence-corrected chi connectivity index (χ4v) is 5.04. The Bertz CT molecular complexity index is 1200. The second-order valence-electron chi connectivity index (χ2n) is 9.07. The van der Waals surface area contributed by atoms with E-state index in [1.165, 1.54) is 0 Å². The van der Waals surface area contributed by atoms with Gasteiger partial charge < -0.3 is 25.2 Å². The second kappa shape index (κ2) is 9.38. The number of nitrogens with zero attached hydrogens (tertiary/aromatic N) is 5. The Hall–Kier alpha value is -3.53. The lowest BCUT2D eigenvalue weighted by Gasteiger charge is -2.31. The van der Waals surface area contributed by atoms with Crippen molar-refractivity contribution in [3.63, 3.8) is 0 Å². The number of carboxylic acids is 1. The summed E-state index contributed by atoms with van der Waals surface area (Å²) in [6.45, 7) is 1.84. The van der Waals surface area contributed by atoms with Crippen LogP contribution in [0.3, 0.4) is 0 Å². The summed E-state index contributed by atoms with van der Waals surface area (Å²) in [5.41, 5.74) is 1.38. The highest BCUT2D eigenvalue weighted by Gasteiger charge is 2.26. The summed E-state index contributed by atoms with van der Waals surface area (Å²) < 4.78 is 1.84. The van der Waals surface area contributed by atoms with E-state index in [1.807, 2.05) is 11.6 Å². The Morgan fingerprint density at radius 1 is 1.12 bits per heavy atom. The van der Waals surface area contributed by atoms with Crippen molar-refractivity contribution < 1.29 is 14.7 Å². The second-order valence-corrected chi connectivity index (χ2v) is 9.07. The molecular formula is C24H29N7O3. The molecule has 0 atom stereocenters. The van der Waals surface area contributed by atoms with Crippen molar-refractivity contribution in [1.29, 1.82) is 0 Å². The lowest BCUT2D eigenvalue weighted by Crippen LogP contribution is -2.43. The smallest absolute Gasteiger partial charge is 0.352 e. The van der Waals surface area contributed by atoms with Crippen molar-refractivity contribution in [1.82, 2.24) is 29.7 Å². The highest BCUT2D eigenvalue weighted by Crippen LogP contribution is 2.34. The maximum absolute atomic E-state index is 12.9. The number of carbonyl (C=O) groups is 2. The van der Waals surface area contributed by atoms with Crippen molar-refractivity contribution in [3.8, 4) is 0 Å². The standard InChI is InChI=1S/C24H29N7O3/c1-30(17-8-10-25-11-9-17)22(32)15-6-7-20(26-13-15)28-24-27-14-16-12-19(23(33)34)31(21(16)29-24)18-4-2-3-5-18/h6-7,12-14,17-18,25H,2-5,8-11H2,1H3,(H,33,34)(H,26,27,28,29). The minimum atomic E-state index is -0.962. The molecule has 0 unspecified atom stereocenters. The van der Waals surface area contributed by atoms with Gasteiger partial charge >= 0.3 is 5.97 Å². The van der Waals surface area contributed by atoms with Gasteiger partial charge in [0, 0.05) is 36.9 Å². The monoisotopic (exact) mass is 463 g/mol. The highest BCUT2D eigenvalue weighted by atomic mass is 16.4. The molecule has 4 heterocycles. The van der Waals surface area contributed by atoms with Crippen LogP contribution in [0.15, 0.2) is 30.6 Å². The molecule has 3 aromatic heterocycles. The number of amides is 1. The molecule has 0 spiro atoms. The Balaban J connectivity index is 1.35. The van der Waals surface area contributed by atoms with Gasteiger partial charge in [-0.1, -0.05) is 12.8 Å². The van der Waals surface area contributed by atoms with Crippen LogP contribution in [0, 0.1) is 0 Å². The van der Waals surface area contributed by atoms with Gasteiger partial charge in [0.15, 0.2) is 0 Å². The molecule has 3 N–H and O–H groups in total. The van der Waals surface area contributed by atoms with Gasteiger partial charge in [0.1, 0.15) is 17.2 Å². The molecule has 10 nitrogen and oxygen atoms in total. The number of hydrogen-bond acceptors (Lipinski definition) is 7. The molecule has 1 amide bonds. The van der Waals surface area contributed by atoms with E-state index in [-0.39, 0.29) is 23.7 Å². The minimum Gasteiger partial charge on any atom is -0.477 e. The number of rotatable bonds is 6. The highest BCUT2D eigenvalue weighted by molar-refractivity contribution is 5.94. The molecule has 10 heteroatoms. The molecule has 0 radical (unpaired) electrons. The zero-order valence-electron chi connectivity index (χ0n) is 19.2. The Kier molecular flexibility index (Phi) is 6.14. The quantitative estimate of drug-likeness (QED) is 0.509. The zero-order chi connectivity index (χ0) is 23.7. The van der Waals surface area contributed by atoms with Crippen LogP contribution in [0.2, 0.25) is 0 Å². The van der Waals surface area contributed by atoms with Gasteiger partial charge in [-0.25, -0.2) is 14.8 Å². The number of aromatic nitrogens is 4. The average Bonchev–Trinajstić information content (AvgIpc) is 3.52. The van der Waals surface area contributed by atoms with Crippen LogP contribution < -0.4 is 10.6 Å². The van der Waals surface area contributed by atoms with Gasteiger partial charge in [0.25, 0.3) is 5.91 Å². The minimum absolute atomic E-state index is 0.0424. The Labute approximate surface area is 197 Å². The third-order valence-corrected chi connectivity index (χ3v) is 6.91. The maximum Gasteiger partial charge on any atom is 0.352 e. The molecule has 1 aliphatic heterocycles. The number of aromatic carboxylic acids is 1. The van der Waals surface area contributed by atoms with E-state index in [4.69, 9.17) is 0 Å². The first kappa shape index (κ1) is 22.3. The third-order valence-electron chi connectivity index (χ3n) is 6.91. The zero-order valence-corrected chi connectivity index (χ0v) is 19.2. The predicted molar refractivity (Wildman–Crippen MR) is 127 cm³/mol. The van der Waals surface area contributed by atoms with Crippen LogP contribution >= 0.6 is 0 Å². The largest absolute Gasteiger partial charge is 0.477 e. The van der Waals surface area contributed by atoms with Gasteiger partial charge in [-0.05, 0) is 57.0 Å². The first-order valence-electron chi connectivity index (χ1n) is 11.8. The summed E-state index contributed by atoms with van der Waals surface area (Å²) in [7, 11) is 1.85. The lowest BCUT2D eigenvalue weighted by molar-refractivity contribution is 0.0679. The number of nitrogens with one attached hydrogen (secondary N) is 2. The molecule has 1 aliphatic carbocycles. The molecule has 3 aromatic rings. The van der Waals surface area contributed by atoms with E-state index in [1.54, 1.807) is 35.5 Å². The van der Waals surface area contributed by atoms with Crippen LogP contribution in [0.4, 0.5) is 11.8 Å². The average molecular weight is 464 g/mol. The molecule has 34 heavy (non-hydrogen) atoms. The summed E-state index contributed by atoms with van der Waals surface area (Å²) in [5, 5.41) is 16.8. The van der Waals surface area contributed by atoms with E-state index in [0.29, 0.717) is 28.4 Å². The van der Waals surface area contributed by atoms with Crippen LogP contribution in [-0.4, -0.2) is 67.6 Å². The summed E-state index contributed by atoms with van der Waals surface area (Å²) >= 11 is 0. The van der Waals surface area contributed by atoms with Crippen molar-refractivity contribution in [2.24, 2.45) is 0 Å². The molecule has 178 valence electrons. The van der Waals surface area contributed by atoms with Crippen LogP contribution in [-0.2, 0) is 0 Å². The van der Waals surface area contributed by atoms with E-state index in [9.17, 15) is 14.7 Å². The summed E-state index contributed by atoms with van der Waals surface area (Å²) in [6, 6.07) is 5.48. The molecule has 0 bridgehead atoms. The van der Waals surface area contributed by atoms with E-state index >= 15 is 0 Å². The van der Waals surface area contributed by atoms with E-state index < -0.39 is 5.97 Å². The van der Waals surface area contributed by atoms with Crippen molar-refractivity contribution in [3.05, 3.63) is 41.9 Å². The number of piperidine rings is 1. The molecule has 2 fully saturated rings. The van der Waals surface area contributed by atoms with Crippen molar-refractivity contribution >= 4 is 34.7 Å². The van der Waals surface area contributed by atoms with Gasteiger partial charge in [-0.3, -0.25) is 4.79 Å². The maximum atomic E-state index is 12.9. The Morgan fingerprint density at radius 3 is 2.56 bits per heavy atom. The van der Waals surface area contributed by atoms with Crippen LogP contribution in [0.25, 0.3) is 11.0 Å². The number of carbonyl (C=O) groups excluding carboxylic acids is 1. The number of fused-ring (bicyclic) bond motifs is 1. The first-order valence-corrected chi connectivity index (χ1v) is 11.8. The number of hydrogen-bond donors (Lipinski definition) is 3. The van der Waals surface area contributed by atoms with E-state index in [2.05, 4.69) is 25.6 Å². The summed E-state index contributed by atoms with van der Waals surface area (Å²) in [5.74, 6) is -0.159. The molecule has 1 saturated heterocycles. The van der Waals surface area contributed by atoms with Crippen LogP contribution in [0.1, 0.15) is 65.4 Å². The SMILES string of the molecule is CN(C(=O)c1ccc(Nc2ncc3cc(C(=O)O)n(C4CCCC4)c3n2)nc1)C1CCNCC1. The van der Waals surface area contributed by atoms with Gasteiger partial charge in [-0.2, -0.15) is 4.98 Å². The molecule has 1 saturated carbocycles. The summed E-state index contributed by atoms with van der Waals surface area (Å²) in [6.07, 6.45) is 9.14. The predicted octanol–water partition coefficient (Wildman–Crippen LogP) is 3.21. The first-order chi connectivity index (χ1) is 16.5. The fourth-order valence-electron chi connectivity index (χ4n) is 5.04. The van der Waals surface area contributed by atoms with E-state index in [0.717, 1.165) is 51.6 Å². The molecule has 0 aromatic carbocycles. The lowest BCUT2D eigenvalue weighted by atomic mass is 10.0. The third kappa shape index (κ3) is 4.33. The number of pyridine rings is 1.